The molecule has 0 spiro atoms. The summed E-state index contributed by atoms with van der Waals surface area (Å²) in [4.78, 5) is 26.8. The average Bonchev–Trinajstić information content (AvgIpc) is 3.37. The second-order valence-corrected chi connectivity index (χ2v) is 8.62. The molecule has 6 nitrogen and oxygen atoms in total. The van der Waals surface area contributed by atoms with Crippen LogP contribution in [-0.4, -0.2) is 34.4 Å². The van der Waals surface area contributed by atoms with E-state index in [1.54, 1.807) is 6.07 Å². The van der Waals surface area contributed by atoms with Gasteiger partial charge < -0.3 is 19.2 Å². The average molecular weight is 430 g/mol. The Hall–Kier alpha value is -2.50. The molecule has 172 valence electrons. The number of nitrogens with zero attached hydrogens (tertiary/aromatic N) is 2. The lowest BCUT2D eigenvalue weighted by molar-refractivity contribution is -0.132. The van der Waals surface area contributed by atoms with Crippen LogP contribution < -0.4 is 5.32 Å². The van der Waals surface area contributed by atoms with Crippen molar-refractivity contribution in [1.29, 1.82) is 0 Å². The maximum absolute atomic E-state index is 12.6. The number of hydrogen-bond acceptors (Lipinski definition) is 3. The van der Waals surface area contributed by atoms with E-state index in [1.165, 1.54) is 12.8 Å². The molecule has 0 fully saturated rings. The Labute approximate surface area is 187 Å². The molecule has 0 radical (unpaired) electrons. The highest BCUT2D eigenvalue weighted by Gasteiger charge is 2.17. The third-order valence-electron chi connectivity index (χ3n) is 5.23. The number of rotatable bonds is 14. The first-order chi connectivity index (χ1) is 14.9. The molecule has 6 heteroatoms. The van der Waals surface area contributed by atoms with Crippen molar-refractivity contribution in [3.63, 3.8) is 0 Å². The van der Waals surface area contributed by atoms with Crippen molar-refractivity contribution in [1.82, 2.24) is 14.8 Å². The first-order valence-electron chi connectivity index (χ1n) is 11.7. The zero-order valence-electron chi connectivity index (χ0n) is 19.7. The van der Waals surface area contributed by atoms with Crippen LogP contribution >= 0.6 is 0 Å². The fourth-order valence-electron chi connectivity index (χ4n) is 3.58. The molecule has 31 heavy (non-hydrogen) atoms. The fraction of sp³-hybridized carbons (Fsp3) is 0.600. The molecule has 2 heterocycles. The van der Waals surface area contributed by atoms with E-state index in [0.29, 0.717) is 37.7 Å². The van der Waals surface area contributed by atoms with Gasteiger partial charge in [-0.3, -0.25) is 9.59 Å². The largest absolute Gasteiger partial charge is 0.454 e. The van der Waals surface area contributed by atoms with Crippen LogP contribution in [0.3, 0.4) is 0 Å². The number of furan rings is 1. The van der Waals surface area contributed by atoms with Crippen molar-refractivity contribution in [3.8, 4) is 0 Å². The molecule has 0 saturated carbocycles. The highest BCUT2D eigenvalue weighted by Crippen LogP contribution is 2.15. The van der Waals surface area contributed by atoms with Crippen LogP contribution in [0.1, 0.15) is 88.2 Å². The van der Waals surface area contributed by atoms with Crippen molar-refractivity contribution in [2.45, 2.75) is 79.3 Å². The van der Waals surface area contributed by atoms with Crippen molar-refractivity contribution in [3.05, 3.63) is 47.7 Å². The van der Waals surface area contributed by atoms with Gasteiger partial charge in [-0.1, -0.05) is 47.0 Å². The van der Waals surface area contributed by atoms with Crippen molar-refractivity contribution < 1.29 is 14.0 Å². The number of aromatic nitrogens is 1. The van der Waals surface area contributed by atoms with E-state index in [-0.39, 0.29) is 11.8 Å². The Morgan fingerprint density at radius 3 is 2.61 bits per heavy atom. The minimum atomic E-state index is -0.163. The molecule has 0 saturated heterocycles. The van der Waals surface area contributed by atoms with E-state index in [2.05, 4.69) is 37.6 Å². The van der Waals surface area contributed by atoms with Crippen molar-refractivity contribution in [2.75, 3.05) is 13.1 Å². The summed E-state index contributed by atoms with van der Waals surface area (Å²) in [6, 6.07) is 7.61. The lowest BCUT2D eigenvalue weighted by Gasteiger charge is -2.24. The second-order valence-electron chi connectivity index (χ2n) is 8.62. The molecule has 2 aromatic rings. The summed E-state index contributed by atoms with van der Waals surface area (Å²) in [6.45, 7) is 10.9. The standard InChI is InChI=1S/C25H39N3O3/c1-5-7-8-9-14-26-25(30)23-13-12-22(31-23)19-27-16-10-11-21(27)18-28(15-6-2)24(29)17-20(3)4/h10-13,16,20H,5-9,14-15,17-19H2,1-4H3,(H,26,30). The first-order valence-corrected chi connectivity index (χ1v) is 11.7. The molecule has 2 rings (SSSR count). The van der Waals surface area contributed by atoms with Gasteiger partial charge in [-0.05, 0) is 43.0 Å². The summed E-state index contributed by atoms with van der Waals surface area (Å²) < 4.78 is 7.87. The van der Waals surface area contributed by atoms with Gasteiger partial charge in [0.25, 0.3) is 5.91 Å². The van der Waals surface area contributed by atoms with E-state index < -0.39 is 0 Å². The van der Waals surface area contributed by atoms with Crippen molar-refractivity contribution in [2.24, 2.45) is 5.92 Å². The predicted molar refractivity (Wildman–Crippen MR) is 124 cm³/mol. The minimum absolute atomic E-state index is 0.163. The summed E-state index contributed by atoms with van der Waals surface area (Å²) in [5, 5.41) is 2.93. The summed E-state index contributed by atoms with van der Waals surface area (Å²) in [5.41, 5.74) is 1.06. The van der Waals surface area contributed by atoms with E-state index in [9.17, 15) is 9.59 Å². The molecule has 0 aliphatic carbocycles. The lowest BCUT2D eigenvalue weighted by Crippen LogP contribution is -2.32. The van der Waals surface area contributed by atoms with Crippen LogP contribution in [0.4, 0.5) is 0 Å². The van der Waals surface area contributed by atoms with Gasteiger partial charge in [0.2, 0.25) is 5.91 Å². The summed E-state index contributed by atoms with van der Waals surface area (Å²) in [7, 11) is 0. The molecule has 0 unspecified atom stereocenters. The highest BCUT2D eigenvalue weighted by atomic mass is 16.4. The highest BCUT2D eigenvalue weighted by molar-refractivity contribution is 5.91. The first kappa shape index (κ1) is 24.8. The van der Waals surface area contributed by atoms with Crippen LogP contribution in [0.5, 0.6) is 0 Å². The van der Waals surface area contributed by atoms with Crippen LogP contribution in [-0.2, 0) is 17.9 Å². The van der Waals surface area contributed by atoms with Crippen LogP contribution in [0, 0.1) is 5.92 Å². The topological polar surface area (TPSA) is 67.5 Å². The maximum atomic E-state index is 12.6. The number of amides is 2. The van der Waals surface area contributed by atoms with Gasteiger partial charge in [-0.25, -0.2) is 0 Å². The number of carbonyl (C=O) groups excluding carboxylic acids is 2. The van der Waals surface area contributed by atoms with Crippen LogP contribution in [0.2, 0.25) is 0 Å². The Bertz CT molecular complexity index is 807. The van der Waals surface area contributed by atoms with Crippen LogP contribution in [0.15, 0.2) is 34.9 Å². The minimum Gasteiger partial charge on any atom is -0.454 e. The summed E-state index contributed by atoms with van der Waals surface area (Å²) in [5.74, 6) is 1.45. The predicted octanol–water partition coefficient (Wildman–Crippen LogP) is 5.22. The van der Waals surface area contributed by atoms with Gasteiger partial charge in [0.1, 0.15) is 5.76 Å². The third-order valence-corrected chi connectivity index (χ3v) is 5.23. The Balaban J connectivity index is 1.95. The Morgan fingerprint density at radius 2 is 1.90 bits per heavy atom. The van der Waals surface area contributed by atoms with Crippen LogP contribution in [0.25, 0.3) is 0 Å². The SMILES string of the molecule is CCCCCCNC(=O)c1ccc(Cn2cccc2CN(CCC)C(=O)CC(C)C)o1. The van der Waals surface area contributed by atoms with E-state index in [4.69, 9.17) is 4.42 Å². The van der Waals surface area contributed by atoms with Crippen molar-refractivity contribution >= 4 is 11.8 Å². The molecule has 0 aliphatic heterocycles. The van der Waals surface area contributed by atoms with Gasteiger partial charge in [-0.2, -0.15) is 0 Å². The second kappa shape index (κ2) is 13.0. The Morgan fingerprint density at radius 1 is 1.10 bits per heavy atom. The third kappa shape index (κ3) is 8.27. The molecule has 0 aliphatic rings. The molecular weight excluding hydrogens is 390 g/mol. The molecular formula is C25H39N3O3. The van der Waals surface area contributed by atoms with Gasteiger partial charge in [-0.15, -0.1) is 0 Å². The lowest BCUT2D eigenvalue weighted by atomic mass is 10.1. The molecule has 0 aromatic carbocycles. The number of unbranched alkanes of at least 4 members (excludes halogenated alkanes) is 3. The maximum Gasteiger partial charge on any atom is 0.286 e. The molecule has 2 aromatic heterocycles. The molecule has 1 N–H and O–H groups in total. The zero-order valence-corrected chi connectivity index (χ0v) is 19.7. The van der Waals surface area contributed by atoms with E-state index in [0.717, 1.165) is 37.3 Å². The van der Waals surface area contributed by atoms with E-state index >= 15 is 0 Å². The zero-order chi connectivity index (χ0) is 22.6. The van der Waals surface area contributed by atoms with Gasteiger partial charge in [0, 0.05) is 31.4 Å². The van der Waals surface area contributed by atoms with Gasteiger partial charge >= 0.3 is 0 Å². The smallest absolute Gasteiger partial charge is 0.286 e. The summed E-state index contributed by atoms with van der Waals surface area (Å²) >= 11 is 0. The normalized spacial score (nSPS) is 11.1. The summed E-state index contributed by atoms with van der Waals surface area (Å²) in [6.07, 6.45) is 7.98. The fourth-order valence-corrected chi connectivity index (χ4v) is 3.58. The molecule has 0 atom stereocenters. The van der Waals surface area contributed by atoms with Gasteiger partial charge in [0.15, 0.2) is 5.76 Å². The molecule has 0 bridgehead atoms. The van der Waals surface area contributed by atoms with Gasteiger partial charge in [0.05, 0.1) is 13.1 Å². The number of hydrogen-bond donors (Lipinski definition) is 1. The number of nitrogens with one attached hydrogen (secondary N) is 1. The molecule has 2 amide bonds. The quantitative estimate of drug-likeness (QED) is 0.418. The number of carbonyl (C=O) groups is 2. The Kier molecular flexibility index (Phi) is 10.4. The monoisotopic (exact) mass is 429 g/mol. The van der Waals surface area contributed by atoms with E-state index in [1.807, 2.05) is 29.3 Å².